The Morgan fingerprint density at radius 1 is 1.09 bits per heavy atom. The van der Waals surface area contributed by atoms with Gasteiger partial charge in [0, 0.05) is 23.7 Å². The van der Waals surface area contributed by atoms with Crippen molar-refractivity contribution >= 4 is 0 Å². The first-order valence-corrected chi connectivity index (χ1v) is 8.01. The normalized spacial score (nSPS) is 18.0. The van der Waals surface area contributed by atoms with E-state index in [1.807, 2.05) is 48.5 Å². The second-order valence-corrected chi connectivity index (χ2v) is 6.07. The maximum atomic E-state index is 10.6. The van der Waals surface area contributed by atoms with Gasteiger partial charge in [0.25, 0.3) is 0 Å². The number of aromatic hydroxyl groups is 1. The number of phenols is 1. The molecule has 2 aromatic rings. The molecule has 114 valence electrons. The number of nitrogens with one attached hydrogen (secondary N) is 1. The average Bonchev–Trinajstić information content (AvgIpc) is 2.55. The number of phenolic OH excluding ortho intramolecular Hbond substituents is 1. The van der Waals surface area contributed by atoms with Crippen LogP contribution in [-0.2, 0) is 6.54 Å². The van der Waals surface area contributed by atoms with Gasteiger partial charge in [-0.15, -0.1) is 0 Å². The van der Waals surface area contributed by atoms with Gasteiger partial charge in [0.15, 0.2) is 0 Å². The molecule has 0 amide bonds. The molecule has 0 saturated carbocycles. The summed E-state index contributed by atoms with van der Waals surface area (Å²) in [7, 11) is 0. The largest absolute Gasteiger partial charge is 0.507 e. The van der Waals surface area contributed by atoms with E-state index in [0.717, 1.165) is 16.7 Å². The zero-order valence-electron chi connectivity index (χ0n) is 13.0. The molecule has 1 atom stereocenters. The van der Waals surface area contributed by atoms with E-state index in [0.29, 0.717) is 18.3 Å². The van der Waals surface area contributed by atoms with E-state index in [1.165, 1.54) is 24.8 Å². The molecule has 0 fully saturated rings. The minimum absolute atomic E-state index is 0.387. The number of para-hydroxylation sites is 1. The van der Waals surface area contributed by atoms with Crippen LogP contribution in [-0.4, -0.2) is 11.1 Å². The summed E-state index contributed by atoms with van der Waals surface area (Å²) in [5, 5.41) is 14.1. The van der Waals surface area contributed by atoms with E-state index in [-0.39, 0.29) is 0 Å². The molecular weight excluding hydrogens is 270 g/mol. The fraction of sp³-hybridized carbons (Fsp3) is 0.300. The van der Waals surface area contributed by atoms with Crippen molar-refractivity contribution in [2.75, 3.05) is 0 Å². The maximum Gasteiger partial charge on any atom is 0.127 e. The predicted molar refractivity (Wildman–Crippen MR) is 91.8 cm³/mol. The number of benzene rings is 2. The van der Waals surface area contributed by atoms with Gasteiger partial charge in [-0.3, -0.25) is 0 Å². The summed E-state index contributed by atoms with van der Waals surface area (Å²) in [6, 6.07) is 16.4. The fourth-order valence-corrected chi connectivity index (χ4v) is 3.10. The van der Waals surface area contributed by atoms with Crippen molar-refractivity contribution in [1.82, 2.24) is 5.32 Å². The van der Waals surface area contributed by atoms with Crippen molar-refractivity contribution in [2.24, 2.45) is 0 Å². The van der Waals surface area contributed by atoms with E-state index in [9.17, 15) is 5.11 Å². The molecule has 2 heteroatoms. The zero-order chi connectivity index (χ0) is 15.4. The molecule has 2 N–H and O–H groups in total. The van der Waals surface area contributed by atoms with Crippen molar-refractivity contribution in [2.45, 2.75) is 38.8 Å². The molecule has 0 aromatic heterocycles. The molecule has 0 radical (unpaired) electrons. The van der Waals surface area contributed by atoms with Gasteiger partial charge >= 0.3 is 0 Å². The maximum absolute atomic E-state index is 10.6. The first-order chi connectivity index (χ1) is 10.7. The van der Waals surface area contributed by atoms with Crippen molar-refractivity contribution < 1.29 is 5.11 Å². The van der Waals surface area contributed by atoms with Gasteiger partial charge in [0.1, 0.15) is 5.75 Å². The smallest absolute Gasteiger partial charge is 0.127 e. The van der Waals surface area contributed by atoms with Crippen LogP contribution in [0.25, 0.3) is 11.1 Å². The Morgan fingerprint density at radius 2 is 1.91 bits per heavy atom. The third-order valence-corrected chi connectivity index (χ3v) is 4.33. The highest BCUT2D eigenvalue weighted by molar-refractivity contribution is 5.71. The summed E-state index contributed by atoms with van der Waals surface area (Å²) >= 11 is 0. The molecule has 0 saturated heterocycles. The van der Waals surface area contributed by atoms with Gasteiger partial charge in [-0.05, 0) is 31.7 Å². The van der Waals surface area contributed by atoms with E-state index in [2.05, 4.69) is 18.3 Å². The van der Waals surface area contributed by atoms with Crippen LogP contribution in [0.4, 0.5) is 0 Å². The lowest BCUT2D eigenvalue weighted by Crippen LogP contribution is -2.28. The molecule has 22 heavy (non-hydrogen) atoms. The predicted octanol–water partition coefficient (Wildman–Crippen LogP) is 4.65. The third kappa shape index (κ3) is 3.40. The number of hydrogen-bond donors (Lipinski definition) is 2. The van der Waals surface area contributed by atoms with Gasteiger partial charge in [0.05, 0.1) is 0 Å². The molecule has 0 aliphatic heterocycles. The summed E-state index contributed by atoms with van der Waals surface area (Å²) in [6.45, 7) is 2.89. The van der Waals surface area contributed by atoms with E-state index in [1.54, 1.807) is 0 Å². The van der Waals surface area contributed by atoms with Crippen molar-refractivity contribution in [3.8, 4) is 16.9 Å². The standard InChI is InChI=1S/C20H23NO/c1-15-7-5-11-18(13-15)21-14-17-10-6-12-19(20(17)22)16-8-3-2-4-9-16/h2-4,6,8-10,12-13,18,21-22H,5,7,11,14H2,1H3/t18-/m0/s1. The minimum Gasteiger partial charge on any atom is -0.507 e. The van der Waals surface area contributed by atoms with Crippen LogP contribution in [0, 0.1) is 0 Å². The van der Waals surface area contributed by atoms with Gasteiger partial charge in [-0.1, -0.05) is 60.2 Å². The highest BCUT2D eigenvalue weighted by atomic mass is 16.3. The van der Waals surface area contributed by atoms with Crippen LogP contribution >= 0.6 is 0 Å². The zero-order valence-corrected chi connectivity index (χ0v) is 13.0. The minimum atomic E-state index is 0.387. The Bertz CT molecular complexity index is 661. The lowest BCUT2D eigenvalue weighted by atomic mass is 9.96. The molecule has 0 heterocycles. The first-order valence-electron chi connectivity index (χ1n) is 8.01. The van der Waals surface area contributed by atoms with Crippen molar-refractivity contribution in [3.63, 3.8) is 0 Å². The Hall–Kier alpha value is -2.06. The first kappa shape index (κ1) is 14.9. The van der Waals surface area contributed by atoms with Gasteiger partial charge in [0.2, 0.25) is 0 Å². The highest BCUT2D eigenvalue weighted by Gasteiger charge is 2.13. The summed E-state index contributed by atoms with van der Waals surface area (Å²) in [6.07, 6.45) is 5.96. The molecule has 0 bridgehead atoms. The van der Waals surface area contributed by atoms with Crippen LogP contribution in [0.2, 0.25) is 0 Å². The molecule has 0 spiro atoms. The lowest BCUT2D eigenvalue weighted by molar-refractivity contribution is 0.458. The van der Waals surface area contributed by atoms with Crippen molar-refractivity contribution in [1.29, 1.82) is 0 Å². The summed E-state index contributed by atoms with van der Waals surface area (Å²) < 4.78 is 0. The fourth-order valence-electron chi connectivity index (χ4n) is 3.10. The number of rotatable bonds is 4. The summed E-state index contributed by atoms with van der Waals surface area (Å²) in [5.41, 5.74) is 4.37. The topological polar surface area (TPSA) is 32.3 Å². The molecule has 2 nitrogen and oxygen atoms in total. The van der Waals surface area contributed by atoms with Gasteiger partial charge < -0.3 is 10.4 Å². The van der Waals surface area contributed by atoms with E-state index in [4.69, 9.17) is 0 Å². The molecule has 3 rings (SSSR count). The highest BCUT2D eigenvalue weighted by Crippen LogP contribution is 2.32. The quantitative estimate of drug-likeness (QED) is 0.804. The Labute approximate surface area is 132 Å². The van der Waals surface area contributed by atoms with Crippen molar-refractivity contribution in [3.05, 3.63) is 65.7 Å². The lowest BCUT2D eigenvalue weighted by Gasteiger charge is -2.21. The summed E-state index contributed by atoms with van der Waals surface area (Å²) in [5.74, 6) is 0.387. The molecular formula is C20H23NO. The molecule has 2 aromatic carbocycles. The average molecular weight is 293 g/mol. The van der Waals surface area contributed by atoms with Crippen LogP contribution in [0.3, 0.4) is 0 Å². The van der Waals surface area contributed by atoms with E-state index < -0.39 is 0 Å². The second kappa shape index (κ2) is 6.80. The Balaban J connectivity index is 1.76. The summed E-state index contributed by atoms with van der Waals surface area (Å²) in [4.78, 5) is 0. The molecule has 1 aliphatic rings. The van der Waals surface area contributed by atoms with Gasteiger partial charge in [-0.25, -0.2) is 0 Å². The van der Waals surface area contributed by atoms with E-state index >= 15 is 0 Å². The third-order valence-electron chi connectivity index (χ3n) is 4.33. The Morgan fingerprint density at radius 3 is 2.68 bits per heavy atom. The number of hydrogen-bond acceptors (Lipinski definition) is 2. The molecule has 1 aliphatic carbocycles. The van der Waals surface area contributed by atoms with Gasteiger partial charge in [-0.2, -0.15) is 0 Å². The monoisotopic (exact) mass is 293 g/mol. The SMILES string of the molecule is CC1=C[C@@H](NCc2cccc(-c3ccccc3)c2O)CCC1. The van der Waals surface area contributed by atoms with Crippen LogP contribution in [0.15, 0.2) is 60.2 Å². The number of allylic oxidation sites excluding steroid dienone is 1. The van der Waals surface area contributed by atoms with Crippen LogP contribution in [0.1, 0.15) is 31.7 Å². The molecule has 0 unspecified atom stereocenters. The second-order valence-electron chi connectivity index (χ2n) is 6.07. The van der Waals surface area contributed by atoms with Crippen LogP contribution < -0.4 is 5.32 Å². The van der Waals surface area contributed by atoms with Crippen LogP contribution in [0.5, 0.6) is 5.75 Å². The Kier molecular flexibility index (Phi) is 4.59.